The van der Waals surface area contributed by atoms with Crippen molar-refractivity contribution in [3.05, 3.63) is 137 Å². The van der Waals surface area contributed by atoms with E-state index in [4.69, 9.17) is 5.73 Å². The third-order valence-electron chi connectivity index (χ3n) is 6.55. The maximum absolute atomic E-state index is 12.9. The molecule has 0 radical (unpaired) electrons. The topological polar surface area (TPSA) is 89.3 Å². The van der Waals surface area contributed by atoms with Crippen LogP contribution in [0.2, 0.25) is 0 Å². The second-order valence-corrected chi connectivity index (χ2v) is 15.4. The first-order valence-corrected chi connectivity index (χ1v) is 16.7. The molecule has 38 heavy (non-hydrogen) atoms. The number of nitrogens with one attached hydrogen (secondary N) is 1. The predicted octanol–water partition coefficient (Wildman–Crippen LogP) is 5.68. The Hall–Kier alpha value is -3.12. The third kappa shape index (κ3) is 6.29. The Labute approximate surface area is 232 Å². The van der Waals surface area contributed by atoms with E-state index in [0.717, 1.165) is 11.1 Å². The van der Waals surface area contributed by atoms with Gasteiger partial charge < -0.3 is 0 Å². The standard InChI is InChI=1S/C21H19N2O3S.C10H14.Ru/c22-20(24)16-11-12-19(27(25)26)18(13-16)21(23,17-9-5-2-6-10-17)14-15-7-3-1-4-8-15;1-8(2)10-6-4-9(3)5-7-10;/h1-13H,14,23H2,(H2,22,24);4-8H,1-3H3;/q;;+1/p-1. The Kier molecular flexibility index (Phi) is 8.62. The molecule has 4 aromatic carbocycles. The zero-order chi connectivity index (χ0) is 27.3. The van der Waals surface area contributed by atoms with Crippen LogP contribution in [-0.2, 0) is 35.9 Å². The summed E-state index contributed by atoms with van der Waals surface area (Å²) in [6, 6.07) is 32.5. The summed E-state index contributed by atoms with van der Waals surface area (Å²) in [5.41, 5.74) is 11.3. The van der Waals surface area contributed by atoms with E-state index in [9.17, 15) is 13.2 Å². The van der Waals surface area contributed by atoms with Crippen LogP contribution in [0, 0.1) is 6.92 Å². The number of amides is 1. The van der Waals surface area contributed by atoms with Crippen molar-refractivity contribution in [3.8, 4) is 0 Å². The van der Waals surface area contributed by atoms with Gasteiger partial charge in [-0.2, -0.15) is 0 Å². The van der Waals surface area contributed by atoms with Crippen molar-refractivity contribution in [2.24, 2.45) is 5.73 Å². The molecule has 7 heteroatoms. The van der Waals surface area contributed by atoms with Crippen molar-refractivity contribution in [1.29, 1.82) is 0 Å². The summed E-state index contributed by atoms with van der Waals surface area (Å²) in [6.07, 6.45) is 0.404. The zero-order valence-corrected chi connectivity index (χ0v) is 24.2. The van der Waals surface area contributed by atoms with Gasteiger partial charge in [0.15, 0.2) is 0 Å². The van der Waals surface area contributed by atoms with Gasteiger partial charge in [0.25, 0.3) is 0 Å². The Morgan fingerprint density at radius 2 is 1.47 bits per heavy atom. The predicted molar refractivity (Wildman–Crippen MR) is 148 cm³/mol. The van der Waals surface area contributed by atoms with E-state index in [1.807, 2.05) is 60.7 Å². The van der Waals surface area contributed by atoms with Crippen LogP contribution in [0.3, 0.4) is 0 Å². The van der Waals surface area contributed by atoms with Crippen LogP contribution in [0.5, 0.6) is 0 Å². The number of nitrogens with two attached hydrogens (primary N) is 1. The van der Waals surface area contributed by atoms with Crippen LogP contribution in [0.4, 0.5) is 0 Å². The van der Waals surface area contributed by atoms with Gasteiger partial charge in [0.05, 0.1) is 0 Å². The number of hydrogen-bond acceptors (Lipinski definition) is 4. The van der Waals surface area contributed by atoms with Crippen LogP contribution in [0.1, 0.15) is 57.9 Å². The Bertz CT molecular complexity index is 1510. The van der Waals surface area contributed by atoms with Gasteiger partial charge >= 0.3 is 171 Å². The van der Waals surface area contributed by atoms with Crippen LogP contribution in [0.25, 0.3) is 0 Å². The molecule has 3 N–H and O–H groups in total. The van der Waals surface area contributed by atoms with E-state index in [1.54, 1.807) is 12.1 Å². The molecule has 0 aliphatic carbocycles. The summed E-state index contributed by atoms with van der Waals surface area (Å²) in [6.45, 7) is 6.54. The molecule has 2 heterocycles. The van der Waals surface area contributed by atoms with Crippen molar-refractivity contribution in [2.45, 2.75) is 43.5 Å². The number of benzene rings is 4. The molecule has 198 valence electrons. The molecule has 0 fully saturated rings. The van der Waals surface area contributed by atoms with E-state index in [-0.39, 0.29) is 10.8 Å². The fraction of sp³-hybridized carbons (Fsp3) is 0.194. The van der Waals surface area contributed by atoms with Crippen molar-refractivity contribution in [3.63, 3.8) is 0 Å². The van der Waals surface area contributed by atoms with Gasteiger partial charge in [-0.1, -0.05) is 43.7 Å². The molecule has 5 nitrogen and oxygen atoms in total. The molecule has 2 aliphatic rings. The molecule has 0 aromatic heterocycles. The van der Waals surface area contributed by atoms with Crippen molar-refractivity contribution in [2.75, 3.05) is 0 Å². The quantitative estimate of drug-likeness (QED) is 0.284. The maximum atomic E-state index is 12.9. The Balaban J connectivity index is 0.000000283. The molecule has 2 bridgehead atoms. The number of fused-ring (bicyclic) bond motifs is 5. The van der Waals surface area contributed by atoms with E-state index in [0.29, 0.717) is 23.5 Å². The number of rotatable bonds is 5. The minimum absolute atomic E-state index is 0.191. The summed E-state index contributed by atoms with van der Waals surface area (Å²) in [5, 5.41) is 0. The average molecular weight is 614 g/mol. The molecular formula is C31H32N2O3RuS. The van der Waals surface area contributed by atoms with Crippen LogP contribution in [0.15, 0.2) is 108 Å². The zero-order valence-electron chi connectivity index (χ0n) is 21.7. The van der Waals surface area contributed by atoms with E-state index in [2.05, 4.69) is 49.1 Å². The fourth-order valence-corrected chi connectivity index (χ4v) is 8.26. The summed E-state index contributed by atoms with van der Waals surface area (Å²) in [5.74, 6) is 0.269. The number of carbonyl (C=O) groups excluding carboxylic acids is 1. The van der Waals surface area contributed by atoms with E-state index >= 15 is 0 Å². The average Bonchev–Trinajstić information content (AvgIpc) is 2.92. The van der Waals surface area contributed by atoms with Crippen molar-refractivity contribution >= 4 is 13.7 Å². The Morgan fingerprint density at radius 3 is 2.08 bits per heavy atom. The minimum atomic E-state index is -3.63. The normalized spacial score (nSPS) is 15.7. The summed E-state index contributed by atoms with van der Waals surface area (Å²) < 4.78 is 28.4. The van der Waals surface area contributed by atoms with Crippen LogP contribution in [-0.4, -0.2) is 14.3 Å². The molecule has 1 unspecified atom stereocenters. The number of aryl methyl sites for hydroxylation is 1. The second kappa shape index (κ2) is 11.7. The second-order valence-electron chi connectivity index (χ2n) is 9.69. The molecule has 6 rings (SSSR count). The number of carbonyl (C=O) groups is 1. The number of hydrogen-bond donors (Lipinski definition) is 2. The van der Waals surface area contributed by atoms with Gasteiger partial charge in [-0.05, 0) is 18.4 Å². The molecule has 0 saturated carbocycles. The van der Waals surface area contributed by atoms with Gasteiger partial charge in [-0.3, -0.25) is 0 Å². The van der Waals surface area contributed by atoms with Gasteiger partial charge in [-0.15, -0.1) is 0 Å². The van der Waals surface area contributed by atoms with Gasteiger partial charge in [0, 0.05) is 0 Å². The Morgan fingerprint density at radius 1 is 0.868 bits per heavy atom. The molecule has 1 atom stereocenters. The molecule has 4 aromatic rings. The van der Waals surface area contributed by atoms with Crippen LogP contribution >= 0.6 is 0 Å². The molecule has 0 spiro atoms. The third-order valence-corrected chi connectivity index (χ3v) is 11.2. The SMILES string of the molecule is Cc1ccc(C(C)C)cc1.NC(Cc1ccccc1)(c1ccccc1)c1cc2ccc1[S](=O)(=O)[Ru][NH]C2=O. The summed E-state index contributed by atoms with van der Waals surface area (Å²) >= 11 is -1.37. The molecular weight excluding hydrogens is 581 g/mol. The summed E-state index contributed by atoms with van der Waals surface area (Å²) in [4.78, 5) is 12.5. The molecule has 1 amide bonds. The van der Waals surface area contributed by atoms with Crippen molar-refractivity contribution < 1.29 is 29.4 Å². The van der Waals surface area contributed by atoms with Gasteiger partial charge in [-0.25, -0.2) is 0 Å². The first-order chi connectivity index (χ1) is 18.1. The monoisotopic (exact) mass is 614 g/mol. The first kappa shape index (κ1) is 27.9. The first-order valence-electron chi connectivity index (χ1n) is 12.4. The van der Waals surface area contributed by atoms with E-state index < -0.39 is 29.5 Å². The van der Waals surface area contributed by atoms with Gasteiger partial charge in [0.1, 0.15) is 0 Å². The molecule has 0 saturated heterocycles. The van der Waals surface area contributed by atoms with Crippen LogP contribution < -0.4 is 9.79 Å². The van der Waals surface area contributed by atoms with Crippen molar-refractivity contribution in [1.82, 2.24) is 4.06 Å². The van der Waals surface area contributed by atoms with Gasteiger partial charge in [0.2, 0.25) is 0 Å². The fourth-order valence-electron chi connectivity index (χ4n) is 4.36. The van der Waals surface area contributed by atoms with E-state index in [1.165, 1.54) is 17.2 Å². The molecule has 2 aliphatic heterocycles. The summed E-state index contributed by atoms with van der Waals surface area (Å²) in [7, 11) is -3.63.